The van der Waals surface area contributed by atoms with Crippen LogP contribution in [-0.2, 0) is 22.4 Å². The molecule has 6 heteroatoms. The average molecular weight is 316 g/mol. The molecule has 2 N–H and O–H groups in total. The highest BCUT2D eigenvalue weighted by atomic mass is 35.5. The summed E-state index contributed by atoms with van der Waals surface area (Å²) in [7, 11) is 0. The molecule has 0 radical (unpaired) electrons. The lowest BCUT2D eigenvalue weighted by Gasteiger charge is -2.14. The summed E-state index contributed by atoms with van der Waals surface area (Å²) in [4.78, 5) is 22.6. The zero-order chi connectivity index (χ0) is 15.3. The summed E-state index contributed by atoms with van der Waals surface area (Å²) in [5.41, 5.74) is 2.57. The van der Waals surface area contributed by atoms with E-state index in [-0.39, 0.29) is 0 Å². The molecule has 1 rings (SSSR count). The molecule has 4 nitrogen and oxygen atoms in total. The van der Waals surface area contributed by atoms with Gasteiger partial charge in [0.05, 0.1) is 0 Å². The lowest BCUT2D eigenvalue weighted by atomic mass is 10.0. The second kappa shape index (κ2) is 7.31. The number of benzene rings is 1. The van der Waals surface area contributed by atoms with Crippen LogP contribution in [0, 0.1) is 0 Å². The predicted octanol–water partition coefficient (Wildman–Crippen LogP) is 3.52. The molecule has 0 fully saturated rings. The van der Waals surface area contributed by atoms with Gasteiger partial charge in [0.15, 0.2) is 0 Å². The molecule has 0 aliphatic carbocycles. The fraction of sp³-hybridized carbons (Fsp3) is 0.286. The lowest BCUT2D eigenvalue weighted by Crippen LogP contribution is -2.16. The molecule has 0 bridgehead atoms. The number of carbonyl (C=O) groups is 2. The zero-order valence-electron chi connectivity index (χ0n) is 11.2. The maximum atomic E-state index is 11.9. The minimum absolute atomic E-state index is 0.535. The monoisotopic (exact) mass is 315 g/mol. The number of carboxylic acid groups (broad SMARTS) is 1. The highest BCUT2D eigenvalue weighted by Gasteiger charge is 2.19. The Bertz CT molecular complexity index is 545. The largest absolute Gasteiger partial charge is 0.477 e. The Kier molecular flexibility index (Phi) is 6.05. The summed E-state index contributed by atoms with van der Waals surface area (Å²) >= 11 is 11.1. The molecule has 0 atom stereocenters. The Morgan fingerprint density at radius 1 is 1.10 bits per heavy atom. The second-order valence-electron chi connectivity index (χ2n) is 4.05. The lowest BCUT2D eigenvalue weighted by molar-refractivity contribution is -0.132. The Hall–Kier alpha value is -1.52. The molecule has 0 saturated carbocycles. The van der Waals surface area contributed by atoms with E-state index in [0.717, 1.165) is 24.0 Å². The molecule has 1 aromatic carbocycles. The number of rotatable bonds is 5. The molecule has 1 aromatic rings. The van der Waals surface area contributed by atoms with Gasteiger partial charge in [-0.25, -0.2) is 4.79 Å². The number of hydrogen-bond donors (Lipinski definition) is 2. The first-order chi connectivity index (χ1) is 9.42. The molecular weight excluding hydrogens is 301 g/mol. The van der Waals surface area contributed by atoms with Gasteiger partial charge in [-0.2, -0.15) is 0 Å². The molecule has 108 valence electrons. The smallest absolute Gasteiger partial charge is 0.349 e. The van der Waals surface area contributed by atoms with Crippen molar-refractivity contribution in [3.63, 3.8) is 0 Å². The van der Waals surface area contributed by atoms with Crippen molar-refractivity contribution < 1.29 is 14.7 Å². The van der Waals surface area contributed by atoms with Gasteiger partial charge in [-0.05, 0) is 24.0 Å². The molecule has 20 heavy (non-hydrogen) atoms. The van der Waals surface area contributed by atoms with Crippen molar-refractivity contribution in [3.05, 3.63) is 39.4 Å². The molecule has 0 aromatic heterocycles. The van der Waals surface area contributed by atoms with E-state index in [1.54, 1.807) is 0 Å². The highest BCUT2D eigenvalue weighted by Crippen LogP contribution is 2.24. The molecule has 0 aliphatic heterocycles. The molecule has 0 spiro atoms. The van der Waals surface area contributed by atoms with Crippen LogP contribution in [0.15, 0.2) is 28.3 Å². The third-order valence-corrected chi connectivity index (χ3v) is 3.63. The van der Waals surface area contributed by atoms with Gasteiger partial charge in [-0.1, -0.05) is 55.2 Å². The fourth-order valence-electron chi connectivity index (χ4n) is 1.77. The fourth-order valence-corrected chi connectivity index (χ4v) is 1.98. The SMILES string of the molecule is CCc1cccc(CC)c1NC(=O)C(Cl)=C(Cl)C(=O)O. The van der Waals surface area contributed by atoms with Gasteiger partial charge in [-0.15, -0.1) is 0 Å². The van der Waals surface area contributed by atoms with E-state index in [9.17, 15) is 9.59 Å². The number of amides is 1. The third-order valence-electron chi connectivity index (χ3n) is 2.82. The Balaban J connectivity index is 3.14. The molecule has 0 heterocycles. The van der Waals surface area contributed by atoms with Crippen molar-refractivity contribution in [2.75, 3.05) is 5.32 Å². The molecular formula is C14H15Cl2NO3. The third kappa shape index (κ3) is 3.74. The summed E-state index contributed by atoms with van der Waals surface area (Å²) in [6.45, 7) is 3.93. The van der Waals surface area contributed by atoms with Crippen LogP contribution < -0.4 is 5.32 Å². The number of nitrogens with one attached hydrogen (secondary N) is 1. The minimum Gasteiger partial charge on any atom is -0.477 e. The number of aryl methyl sites for hydroxylation is 2. The molecule has 0 aliphatic rings. The summed E-state index contributed by atoms with van der Waals surface area (Å²) in [5.74, 6) is -2.17. The standard InChI is InChI=1S/C14H15Cl2NO3/c1-3-8-6-5-7-9(4-2)12(8)17-13(18)10(15)11(16)14(19)20/h5-7H,3-4H2,1-2H3,(H,17,18)(H,19,20). The van der Waals surface area contributed by atoms with E-state index in [1.165, 1.54) is 0 Å². The zero-order valence-corrected chi connectivity index (χ0v) is 12.7. The van der Waals surface area contributed by atoms with Crippen molar-refractivity contribution in [2.45, 2.75) is 26.7 Å². The van der Waals surface area contributed by atoms with E-state index >= 15 is 0 Å². The van der Waals surface area contributed by atoms with Gasteiger partial charge in [0, 0.05) is 5.69 Å². The summed E-state index contributed by atoms with van der Waals surface area (Å²) < 4.78 is 0. The second-order valence-corrected chi connectivity index (χ2v) is 4.80. The molecule has 0 unspecified atom stereocenters. The van der Waals surface area contributed by atoms with Gasteiger partial charge in [0.1, 0.15) is 10.1 Å². The van der Waals surface area contributed by atoms with Crippen LogP contribution in [0.4, 0.5) is 5.69 Å². The van der Waals surface area contributed by atoms with Crippen molar-refractivity contribution in [2.24, 2.45) is 0 Å². The molecule has 1 amide bonds. The number of carbonyl (C=O) groups excluding carboxylic acids is 1. The topological polar surface area (TPSA) is 66.4 Å². The van der Waals surface area contributed by atoms with E-state index in [0.29, 0.717) is 5.69 Å². The predicted molar refractivity (Wildman–Crippen MR) is 80.2 cm³/mol. The Labute approximate surface area is 127 Å². The summed E-state index contributed by atoms with van der Waals surface area (Å²) in [6, 6.07) is 5.70. The van der Waals surface area contributed by atoms with Gasteiger partial charge in [-0.3, -0.25) is 4.79 Å². The van der Waals surface area contributed by atoms with E-state index in [4.69, 9.17) is 28.3 Å². The van der Waals surface area contributed by atoms with Crippen LogP contribution in [-0.4, -0.2) is 17.0 Å². The van der Waals surface area contributed by atoms with Crippen LogP contribution >= 0.6 is 23.2 Å². The first kappa shape index (κ1) is 16.5. The van der Waals surface area contributed by atoms with Gasteiger partial charge >= 0.3 is 5.97 Å². The summed E-state index contributed by atoms with van der Waals surface area (Å²) in [6.07, 6.45) is 1.47. The highest BCUT2D eigenvalue weighted by molar-refractivity contribution is 6.54. The number of carboxylic acids is 1. The van der Waals surface area contributed by atoms with Crippen molar-refractivity contribution in [1.82, 2.24) is 0 Å². The maximum Gasteiger partial charge on any atom is 0.349 e. The summed E-state index contributed by atoms with van der Waals surface area (Å²) in [5, 5.41) is 10.1. The van der Waals surface area contributed by atoms with E-state index < -0.39 is 21.9 Å². The minimum atomic E-state index is -1.44. The van der Waals surface area contributed by atoms with Crippen LogP contribution in [0.3, 0.4) is 0 Å². The van der Waals surface area contributed by atoms with Gasteiger partial charge in [0.2, 0.25) is 0 Å². The Morgan fingerprint density at radius 3 is 2.00 bits per heavy atom. The van der Waals surface area contributed by atoms with Gasteiger partial charge in [0.25, 0.3) is 5.91 Å². The van der Waals surface area contributed by atoms with Crippen molar-refractivity contribution in [3.8, 4) is 0 Å². The Morgan fingerprint density at radius 2 is 1.60 bits per heavy atom. The van der Waals surface area contributed by atoms with E-state index in [1.807, 2.05) is 32.0 Å². The first-order valence-corrected chi connectivity index (χ1v) is 6.88. The quantitative estimate of drug-likeness (QED) is 0.817. The average Bonchev–Trinajstić information content (AvgIpc) is 2.45. The van der Waals surface area contributed by atoms with Crippen molar-refractivity contribution >= 4 is 40.8 Å². The van der Waals surface area contributed by atoms with Gasteiger partial charge < -0.3 is 10.4 Å². The number of hydrogen-bond acceptors (Lipinski definition) is 2. The molecule has 0 saturated heterocycles. The normalized spacial score (nSPS) is 11.8. The van der Waals surface area contributed by atoms with Crippen LogP contribution in [0.2, 0.25) is 0 Å². The van der Waals surface area contributed by atoms with Crippen LogP contribution in [0.5, 0.6) is 0 Å². The first-order valence-electron chi connectivity index (χ1n) is 6.13. The number of anilines is 1. The van der Waals surface area contributed by atoms with Crippen LogP contribution in [0.1, 0.15) is 25.0 Å². The van der Waals surface area contributed by atoms with Crippen LogP contribution in [0.25, 0.3) is 0 Å². The number of aliphatic carboxylic acids is 1. The number of halogens is 2. The van der Waals surface area contributed by atoms with E-state index in [2.05, 4.69) is 5.32 Å². The maximum absolute atomic E-state index is 11.9. The van der Waals surface area contributed by atoms with Crippen molar-refractivity contribution in [1.29, 1.82) is 0 Å². The number of para-hydroxylation sites is 1.